The third-order valence-corrected chi connectivity index (χ3v) is 4.51. The van der Waals surface area contributed by atoms with Crippen LogP contribution >= 0.6 is 0 Å². The number of ether oxygens (including phenoxy) is 1. The molecule has 0 bridgehead atoms. The molecular formula is C20H21N7O3. The quantitative estimate of drug-likeness (QED) is 0.419. The summed E-state index contributed by atoms with van der Waals surface area (Å²) in [6, 6.07) is 10.9. The molecule has 0 aliphatic rings. The normalized spacial score (nSPS) is 10.8. The summed E-state index contributed by atoms with van der Waals surface area (Å²) in [4.78, 5) is 18.3. The van der Waals surface area contributed by atoms with Crippen molar-refractivity contribution in [1.82, 2.24) is 34.6 Å². The van der Waals surface area contributed by atoms with Crippen molar-refractivity contribution in [3.63, 3.8) is 0 Å². The van der Waals surface area contributed by atoms with Gasteiger partial charge >= 0.3 is 0 Å². The third kappa shape index (κ3) is 4.54. The van der Waals surface area contributed by atoms with Gasteiger partial charge in [0.1, 0.15) is 25.0 Å². The molecule has 1 amide bonds. The van der Waals surface area contributed by atoms with E-state index in [-0.39, 0.29) is 18.2 Å². The largest absolute Gasteiger partial charge is 0.486 e. The minimum atomic E-state index is -0.183. The average molecular weight is 407 g/mol. The maximum Gasteiger partial charge on any atom is 0.276 e. The molecule has 0 radical (unpaired) electrons. The van der Waals surface area contributed by atoms with Crippen LogP contribution in [0, 0.1) is 0 Å². The van der Waals surface area contributed by atoms with Crippen molar-refractivity contribution in [2.45, 2.75) is 20.1 Å². The van der Waals surface area contributed by atoms with Crippen LogP contribution < -0.4 is 4.74 Å². The summed E-state index contributed by atoms with van der Waals surface area (Å²) in [5.41, 5.74) is 1.14. The van der Waals surface area contributed by atoms with E-state index in [0.717, 1.165) is 5.69 Å². The van der Waals surface area contributed by atoms with Crippen molar-refractivity contribution in [1.29, 1.82) is 0 Å². The molecule has 0 N–H and O–H groups in total. The first-order chi connectivity index (χ1) is 14.7. The molecule has 0 spiro atoms. The van der Waals surface area contributed by atoms with Gasteiger partial charge in [-0.1, -0.05) is 5.16 Å². The maximum absolute atomic E-state index is 12.7. The number of likely N-dealkylation sites (N-methyl/N-ethyl adjacent to an activating group) is 1. The van der Waals surface area contributed by atoms with E-state index in [2.05, 4.69) is 20.3 Å². The van der Waals surface area contributed by atoms with Gasteiger partial charge in [0, 0.05) is 31.5 Å². The van der Waals surface area contributed by atoms with E-state index in [1.165, 1.54) is 6.33 Å². The van der Waals surface area contributed by atoms with E-state index in [4.69, 9.17) is 9.26 Å². The van der Waals surface area contributed by atoms with Crippen LogP contribution in [0.2, 0.25) is 0 Å². The lowest BCUT2D eigenvalue weighted by Crippen LogP contribution is -2.34. The van der Waals surface area contributed by atoms with Crippen LogP contribution in [0.5, 0.6) is 5.75 Å². The number of nitrogens with zero attached hydrogens (tertiary/aromatic N) is 7. The number of hydrogen-bond donors (Lipinski definition) is 0. The van der Waals surface area contributed by atoms with Crippen LogP contribution in [0.3, 0.4) is 0 Å². The van der Waals surface area contributed by atoms with Gasteiger partial charge in [0.25, 0.3) is 5.91 Å². The van der Waals surface area contributed by atoms with Crippen LogP contribution in [0.25, 0.3) is 5.69 Å². The second kappa shape index (κ2) is 9.03. The van der Waals surface area contributed by atoms with Gasteiger partial charge in [-0.3, -0.25) is 9.48 Å². The summed E-state index contributed by atoms with van der Waals surface area (Å²) in [6.07, 6.45) is 6.67. The molecule has 154 valence electrons. The lowest BCUT2D eigenvalue weighted by Gasteiger charge is -2.19. The Labute approximate surface area is 172 Å². The Kier molecular flexibility index (Phi) is 5.83. The first-order valence-corrected chi connectivity index (χ1v) is 9.53. The summed E-state index contributed by atoms with van der Waals surface area (Å²) in [7, 11) is 0. The second-order valence-electron chi connectivity index (χ2n) is 6.46. The van der Waals surface area contributed by atoms with Crippen molar-refractivity contribution in [2.24, 2.45) is 0 Å². The molecule has 0 aliphatic carbocycles. The van der Waals surface area contributed by atoms with E-state index in [9.17, 15) is 4.79 Å². The van der Waals surface area contributed by atoms with Gasteiger partial charge in [-0.15, -0.1) is 0 Å². The Morgan fingerprint density at radius 3 is 2.80 bits per heavy atom. The number of rotatable bonds is 9. The molecule has 0 saturated heterocycles. The van der Waals surface area contributed by atoms with Crippen LogP contribution in [-0.2, 0) is 13.2 Å². The zero-order valence-electron chi connectivity index (χ0n) is 16.5. The van der Waals surface area contributed by atoms with Crippen molar-refractivity contribution >= 4 is 5.91 Å². The molecular weight excluding hydrogens is 386 g/mol. The van der Waals surface area contributed by atoms with E-state index in [1.807, 2.05) is 43.5 Å². The predicted molar refractivity (Wildman–Crippen MR) is 106 cm³/mol. The molecule has 30 heavy (non-hydrogen) atoms. The average Bonchev–Trinajstić information content (AvgIpc) is 3.56. The van der Waals surface area contributed by atoms with E-state index < -0.39 is 0 Å². The number of amides is 1. The molecule has 0 saturated carbocycles. The SMILES string of the molecule is CCN(CCn1cccn1)C(=O)c1cc(COc2ccc(-n3cncn3)cc2)on1. The molecule has 4 aromatic rings. The zero-order chi connectivity index (χ0) is 20.8. The van der Waals surface area contributed by atoms with Crippen molar-refractivity contribution in [3.05, 3.63) is 72.9 Å². The highest BCUT2D eigenvalue weighted by molar-refractivity contribution is 5.92. The number of aromatic nitrogens is 6. The van der Waals surface area contributed by atoms with Gasteiger partial charge < -0.3 is 14.2 Å². The first-order valence-electron chi connectivity index (χ1n) is 9.53. The number of carbonyl (C=O) groups is 1. The maximum atomic E-state index is 12.7. The minimum absolute atomic E-state index is 0.169. The van der Waals surface area contributed by atoms with Crippen LogP contribution in [0.1, 0.15) is 23.2 Å². The highest BCUT2D eigenvalue weighted by Gasteiger charge is 2.19. The summed E-state index contributed by atoms with van der Waals surface area (Å²) in [6.45, 7) is 3.81. The Hall–Kier alpha value is -3.95. The Balaban J connectivity index is 1.32. The molecule has 0 atom stereocenters. The second-order valence-corrected chi connectivity index (χ2v) is 6.46. The molecule has 0 unspecified atom stereocenters. The lowest BCUT2D eigenvalue weighted by molar-refractivity contribution is 0.0746. The Morgan fingerprint density at radius 1 is 1.23 bits per heavy atom. The first kappa shape index (κ1) is 19.4. The fourth-order valence-electron chi connectivity index (χ4n) is 2.89. The molecule has 0 fully saturated rings. The summed E-state index contributed by atoms with van der Waals surface area (Å²) >= 11 is 0. The number of hydrogen-bond acceptors (Lipinski definition) is 7. The van der Waals surface area contributed by atoms with Crippen LogP contribution in [0.4, 0.5) is 0 Å². The van der Waals surface area contributed by atoms with Gasteiger partial charge in [0.15, 0.2) is 11.5 Å². The standard InChI is InChI=1S/C20H21N7O3/c1-2-25(10-11-26-9-3-8-22-26)20(28)19-12-18(30-24-19)13-29-17-6-4-16(5-7-17)27-15-21-14-23-27/h3-9,12,14-15H,2,10-11,13H2,1H3. The minimum Gasteiger partial charge on any atom is -0.486 e. The molecule has 0 aliphatic heterocycles. The Morgan fingerprint density at radius 2 is 2.10 bits per heavy atom. The molecule has 1 aromatic carbocycles. The molecule has 4 rings (SSSR count). The van der Waals surface area contributed by atoms with Crippen LogP contribution in [-0.4, -0.2) is 53.6 Å². The lowest BCUT2D eigenvalue weighted by atomic mass is 10.3. The summed E-state index contributed by atoms with van der Waals surface area (Å²) in [5.74, 6) is 0.955. The fraction of sp³-hybridized carbons (Fsp3) is 0.250. The van der Waals surface area contributed by atoms with Crippen molar-refractivity contribution in [3.8, 4) is 11.4 Å². The monoisotopic (exact) mass is 407 g/mol. The van der Waals surface area contributed by atoms with E-state index in [1.54, 1.807) is 32.9 Å². The fourth-order valence-corrected chi connectivity index (χ4v) is 2.89. The van der Waals surface area contributed by atoms with Gasteiger partial charge in [0.05, 0.1) is 12.2 Å². The highest BCUT2D eigenvalue weighted by atomic mass is 16.5. The van der Waals surface area contributed by atoms with Crippen molar-refractivity contribution < 1.29 is 14.1 Å². The summed E-state index contributed by atoms with van der Waals surface area (Å²) < 4.78 is 14.4. The molecule has 3 heterocycles. The predicted octanol–water partition coefficient (Wildman–Crippen LogP) is 2.19. The molecule has 10 nitrogen and oxygen atoms in total. The number of benzene rings is 1. The number of carbonyl (C=O) groups excluding carboxylic acids is 1. The van der Waals surface area contributed by atoms with E-state index in [0.29, 0.717) is 31.1 Å². The van der Waals surface area contributed by atoms with Gasteiger partial charge in [-0.05, 0) is 37.3 Å². The summed E-state index contributed by atoms with van der Waals surface area (Å²) in [5, 5.41) is 12.1. The van der Waals surface area contributed by atoms with Crippen molar-refractivity contribution in [2.75, 3.05) is 13.1 Å². The highest BCUT2D eigenvalue weighted by Crippen LogP contribution is 2.17. The Bertz CT molecular complexity index is 1060. The molecule has 10 heteroatoms. The topological polar surface area (TPSA) is 104 Å². The third-order valence-electron chi connectivity index (χ3n) is 4.51. The van der Waals surface area contributed by atoms with Gasteiger partial charge in [-0.2, -0.15) is 10.2 Å². The van der Waals surface area contributed by atoms with Gasteiger partial charge in [0.2, 0.25) is 0 Å². The van der Waals surface area contributed by atoms with Gasteiger partial charge in [-0.25, -0.2) is 9.67 Å². The zero-order valence-corrected chi connectivity index (χ0v) is 16.5. The van der Waals surface area contributed by atoms with E-state index >= 15 is 0 Å². The molecule has 3 aromatic heterocycles. The smallest absolute Gasteiger partial charge is 0.276 e. The van der Waals surface area contributed by atoms with Crippen LogP contribution in [0.15, 0.2) is 66.0 Å².